The monoisotopic (exact) mass is 240 g/mol. The van der Waals surface area contributed by atoms with Crippen molar-refractivity contribution in [2.75, 3.05) is 0 Å². The molecule has 18 heavy (non-hydrogen) atoms. The summed E-state index contributed by atoms with van der Waals surface area (Å²) in [6, 6.07) is 21.4. The Balaban J connectivity index is 0.000000492. The average Bonchev–Trinajstić information content (AvgIpc) is 2.42. The van der Waals surface area contributed by atoms with Crippen LogP contribution in [0.5, 0.6) is 0 Å². The summed E-state index contributed by atoms with van der Waals surface area (Å²) in [5.74, 6) is 0.591. The third-order valence-electron chi connectivity index (χ3n) is 2.75. The van der Waals surface area contributed by atoms with E-state index in [1.165, 1.54) is 17.5 Å². The van der Waals surface area contributed by atoms with Crippen molar-refractivity contribution in [2.24, 2.45) is 0 Å². The van der Waals surface area contributed by atoms with Gasteiger partial charge < -0.3 is 0 Å². The number of hydrogen-bond acceptors (Lipinski definition) is 0. The second-order valence-electron chi connectivity index (χ2n) is 4.71. The molecule has 0 aromatic heterocycles. The summed E-state index contributed by atoms with van der Waals surface area (Å²) in [5, 5.41) is 0. The first-order valence-electron chi connectivity index (χ1n) is 6.86. The molecule has 0 heterocycles. The first-order valence-corrected chi connectivity index (χ1v) is 6.86. The Morgan fingerprint density at radius 3 is 1.72 bits per heavy atom. The Kier molecular flexibility index (Phi) is 6.86. The van der Waals surface area contributed by atoms with E-state index < -0.39 is 0 Å². The van der Waals surface area contributed by atoms with Crippen molar-refractivity contribution in [3.63, 3.8) is 0 Å². The SMILES string of the molecule is CC(Cc1ccccc1)c1ccccc1.CCC. The lowest BCUT2D eigenvalue weighted by molar-refractivity contribution is 0.759. The Hall–Kier alpha value is -1.56. The molecule has 0 saturated heterocycles. The average molecular weight is 240 g/mol. The fourth-order valence-corrected chi connectivity index (χ4v) is 1.87. The fraction of sp³-hybridized carbons (Fsp3) is 0.333. The Bertz CT molecular complexity index is 403. The molecule has 0 saturated carbocycles. The summed E-state index contributed by atoms with van der Waals surface area (Å²) in [6.45, 7) is 6.53. The molecule has 0 N–H and O–H groups in total. The van der Waals surface area contributed by atoms with E-state index in [0.717, 1.165) is 6.42 Å². The van der Waals surface area contributed by atoms with Crippen LogP contribution in [0, 0.1) is 0 Å². The zero-order chi connectivity index (χ0) is 13.2. The molecule has 0 amide bonds. The highest BCUT2D eigenvalue weighted by atomic mass is 14.1. The quantitative estimate of drug-likeness (QED) is 0.669. The second kappa shape index (κ2) is 8.52. The van der Waals surface area contributed by atoms with Crippen molar-refractivity contribution in [3.05, 3.63) is 71.8 Å². The van der Waals surface area contributed by atoms with Crippen molar-refractivity contribution in [2.45, 2.75) is 39.5 Å². The Morgan fingerprint density at radius 2 is 1.22 bits per heavy atom. The van der Waals surface area contributed by atoms with Gasteiger partial charge in [-0.3, -0.25) is 0 Å². The van der Waals surface area contributed by atoms with E-state index in [2.05, 4.69) is 81.4 Å². The standard InChI is InChI=1S/C15H16.C3H8/c1-13(15-10-6-3-7-11-15)12-14-8-4-2-5-9-14;1-3-2/h2-11,13H,12H2,1H3;3H2,1-2H3. The van der Waals surface area contributed by atoms with E-state index in [4.69, 9.17) is 0 Å². The van der Waals surface area contributed by atoms with Crippen molar-refractivity contribution >= 4 is 0 Å². The third-order valence-corrected chi connectivity index (χ3v) is 2.75. The van der Waals surface area contributed by atoms with Crippen LogP contribution in [0.3, 0.4) is 0 Å². The lowest BCUT2D eigenvalue weighted by Gasteiger charge is -2.11. The van der Waals surface area contributed by atoms with Gasteiger partial charge in [0.15, 0.2) is 0 Å². The molecule has 0 aliphatic rings. The van der Waals surface area contributed by atoms with E-state index in [1.54, 1.807) is 0 Å². The highest BCUT2D eigenvalue weighted by Crippen LogP contribution is 2.19. The first-order chi connectivity index (χ1) is 8.77. The molecular formula is C18H24. The minimum absolute atomic E-state index is 0.591. The summed E-state index contributed by atoms with van der Waals surface area (Å²) >= 11 is 0. The molecule has 2 aromatic carbocycles. The fourth-order valence-electron chi connectivity index (χ4n) is 1.87. The lowest BCUT2D eigenvalue weighted by Crippen LogP contribution is -1.97. The van der Waals surface area contributed by atoms with Gasteiger partial charge in [0.25, 0.3) is 0 Å². The van der Waals surface area contributed by atoms with Crippen LogP contribution in [0.2, 0.25) is 0 Å². The van der Waals surface area contributed by atoms with Crippen molar-refractivity contribution in [1.29, 1.82) is 0 Å². The molecule has 1 atom stereocenters. The van der Waals surface area contributed by atoms with Gasteiger partial charge in [-0.15, -0.1) is 0 Å². The highest BCUT2D eigenvalue weighted by Gasteiger charge is 2.04. The van der Waals surface area contributed by atoms with Crippen LogP contribution in [-0.2, 0) is 6.42 Å². The molecule has 2 aromatic rings. The highest BCUT2D eigenvalue weighted by molar-refractivity contribution is 5.23. The Morgan fingerprint density at radius 1 is 0.778 bits per heavy atom. The first kappa shape index (κ1) is 14.5. The van der Waals surface area contributed by atoms with E-state index in [1.807, 2.05) is 0 Å². The molecule has 0 fully saturated rings. The van der Waals surface area contributed by atoms with Crippen LogP contribution in [0.15, 0.2) is 60.7 Å². The smallest absolute Gasteiger partial charge is 0.0150 e. The maximum atomic E-state index is 2.28. The van der Waals surface area contributed by atoms with Gasteiger partial charge in [-0.05, 0) is 23.5 Å². The molecule has 0 spiro atoms. The van der Waals surface area contributed by atoms with Gasteiger partial charge >= 0.3 is 0 Å². The molecule has 2 rings (SSSR count). The number of hydrogen-bond donors (Lipinski definition) is 0. The summed E-state index contributed by atoms with van der Waals surface area (Å²) in [6.07, 6.45) is 2.37. The zero-order valence-corrected chi connectivity index (χ0v) is 11.8. The van der Waals surface area contributed by atoms with Gasteiger partial charge in [0.1, 0.15) is 0 Å². The van der Waals surface area contributed by atoms with Gasteiger partial charge in [-0.25, -0.2) is 0 Å². The topological polar surface area (TPSA) is 0 Å². The maximum Gasteiger partial charge on any atom is -0.0150 e. The third kappa shape index (κ3) is 5.18. The van der Waals surface area contributed by atoms with Crippen molar-refractivity contribution in [3.8, 4) is 0 Å². The van der Waals surface area contributed by atoms with Gasteiger partial charge in [-0.1, -0.05) is 87.9 Å². The van der Waals surface area contributed by atoms with E-state index >= 15 is 0 Å². The van der Waals surface area contributed by atoms with Gasteiger partial charge in [0.05, 0.1) is 0 Å². The van der Waals surface area contributed by atoms with Crippen LogP contribution in [-0.4, -0.2) is 0 Å². The van der Waals surface area contributed by atoms with E-state index in [9.17, 15) is 0 Å². The second-order valence-corrected chi connectivity index (χ2v) is 4.71. The Labute approximate surface area is 112 Å². The summed E-state index contributed by atoms with van der Waals surface area (Å²) in [7, 11) is 0. The number of benzene rings is 2. The molecule has 0 nitrogen and oxygen atoms in total. The molecule has 1 unspecified atom stereocenters. The maximum absolute atomic E-state index is 2.28. The van der Waals surface area contributed by atoms with Crippen LogP contribution in [0.25, 0.3) is 0 Å². The molecule has 0 aliphatic carbocycles. The normalized spacial score (nSPS) is 11.3. The van der Waals surface area contributed by atoms with Crippen molar-refractivity contribution in [1.82, 2.24) is 0 Å². The summed E-state index contributed by atoms with van der Waals surface area (Å²) in [4.78, 5) is 0. The van der Waals surface area contributed by atoms with Crippen LogP contribution in [0.4, 0.5) is 0 Å². The lowest BCUT2D eigenvalue weighted by atomic mass is 9.94. The minimum atomic E-state index is 0.591. The summed E-state index contributed by atoms with van der Waals surface area (Å²) < 4.78 is 0. The molecular weight excluding hydrogens is 216 g/mol. The molecule has 0 bridgehead atoms. The van der Waals surface area contributed by atoms with E-state index in [-0.39, 0.29) is 0 Å². The van der Waals surface area contributed by atoms with E-state index in [0.29, 0.717) is 5.92 Å². The van der Waals surface area contributed by atoms with Gasteiger partial charge in [0, 0.05) is 0 Å². The summed E-state index contributed by atoms with van der Waals surface area (Å²) in [5.41, 5.74) is 2.83. The minimum Gasteiger partial charge on any atom is -0.0656 e. The largest absolute Gasteiger partial charge is 0.0656 e. The molecule has 96 valence electrons. The van der Waals surface area contributed by atoms with Gasteiger partial charge in [0.2, 0.25) is 0 Å². The van der Waals surface area contributed by atoms with Crippen LogP contribution >= 0.6 is 0 Å². The number of rotatable bonds is 3. The van der Waals surface area contributed by atoms with Crippen LogP contribution in [0.1, 0.15) is 44.2 Å². The van der Waals surface area contributed by atoms with Crippen LogP contribution < -0.4 is 0 Å². The molecule has 0 radical (unpaired) electrons. The predicted octanol–water partition coefficient (Wildman–Crippen LogP) is 5.45. The molecule has 0 aliphatic heterocycles. The van der Waals surface area contributed by atoms with Crippen molar-refractivity contribution < 1.29 is 0 Å². The molecule has 0 heteroatoms. The zero-order valence-electron chi connectivity index (χ0n) is 11.8. The predicted molar refractivity (Wildman–Crippen MR) is 81.0 cm³/mol. The van der Waals surface area contributed by atoms with Gasteiger partial charge in [-0.2, -0.15) is 0 Å².